The molecule has 1 amide bonds. The molecule has 3 heterocycles. The Morgan fingerprint density at radius 2 is 1.94 bits per heavy atom. The molecule has 1 fully saturated rings. The minimum absolute atomic E-state index is 0.101. The zero-order valence-electron chi connectivity index (χ0n) is 18.9. The van der Waals surface area contributed by atoms with Crippen LogP contribution < -0.4 is 5.32 Å². The highest BCUT2D eigenvalue weighted by Crippen LogP contribution is 2.40. The molecule has 5 rings (SSSR count). The van der Waals surface area contributed by atoms with Gasteiger partial charge in [-0.15, -0.1) is 0 Å². The Hall–Kier alpha value is -3.54. The molecule has 1 aromatic carbocycles. The Labute approximate surface area is 187 Å². The third-order valence-electron chi connectivity index (χ3n) is 6.19. The van der Waals surface area contributed by atoms with Gasteiger partial charge in [-0.1, -0.05) is 29.8 Å². The summed E-state index contributed by atoms with van der Waals surface area (Å²) in [6.45, 7) is 8.10. The number of rotatable bonds is 5. The fourth-order valence-electron chi connectivity index (χ4n) is 4.29. The van der Waals surface area contributed by atoms with Crippen molar-refractivity contribution < 1.29 is 4.79 Å². The van der Waals surface area contributed by atoms with E-state index in [2.05, 4.69) is 42.3 Å². The zero-order chi connectivity index (χ0) is 22.4. The standard InChI is InChI=1S/C26H27N5O/c1-15-8-9-16(2)20(13-15)17(3)28-26(32)21-14-22(19-10-11-19)29-25-24(21)18(4)30-31(25)23-7-5-6-12-27-23/h5-9,12-14,17,19H,10-11H2,1-4H3,(H,28,32). The number of carbonyl (C=O) groups is 1. The average molecular weight is 426 g/mol. The first-order valence-electron chi connectivity index (χ1n) is 11.1. The van der Waals surface area contributed by atoms with E-state index in [1.165, 1.54) is 11.1 Å². The first-order valence-corrected chi connectivity index (χ1v) is 11.1. The van der Waals surface area contributed by atoms with E-state index >= 15 is 0 Å². The van der Waals surface area contributed by atoms with E-state index in [0.29, 0.717) is 22.9 Å². The predicted octanol–water partition coefficient (Wildman–Crippen LogP) is 5.11. The SMILES string of the molecule is Cc1ccc(C)c(C(C)NC(=O)c2cc(C3CC3)nc3c2c(C)nn3-c2ccccn2)c1. The van der Waals surface area contributed by atoms with E-state index in [0.717, 1.165) is 35.2 Å². The first kappa shape index (κ1) is 20.4. The van der Waals surface area contributed by atoms with Gasteiger partial charge in [0, 0.05) is 17.8 Å². The third kappa shape index (κ3) is 3.66. The summed E-state index contributed by atoms with van der Waals surface area (Å²) in [5, 5.41) is 8.70. The summed E-state index contributed by atoms with van der Waals surface area (Å²) < 4.78 is 1.75. The van der Waals surface area contributed by atoms with Crippen molar-refractivity contribution in [3.63, 3.8) is 0 Å². The van der Waals surface area contributed by atoms with Crippen LogP contribution in [-0.4, -0.2) is 25.7 Å². The molecule has 1 aliphatic rings. The molecular weight excluding hydrogens is 398 g/mol. The summed E-state index contributed by atoms with van der Waals surface area (Å²) in [4.78, 5) is 22.9. The molecule has 6 heteroatoms. The van der Waals surface area contributed by atoms with Gasteiger partial charge in [-0.05, 0) is 69.9 Å². The first-order chi connectivity index (χ1) is 15.4. The number of hydrogen-bond acceptors (Lipinski definition) is 4. The maximum atomic E-state index is 13.5. The predicted molar refractivity (Wildman–Crippen MR) is 125 cm³/mol. The van der Waals surface area contributed by atoms with E-state index in [9.17, 15) is 4.79 Å². The van der Waals surface area contributed by atoms with Crippen molar-refractivity contribution in [2.45, 2.75) is 52.5 Å². The summed E-state index contributed by atoms with van der Waals surface area (Å²) in [6.07, 6.45) is 3.95. The lowest BCUT2D eigenvalue weighted by molar-refractivity contribution is 0.0941. The van der Waals surface area contributed by atoms with E-state index < -0.39 is 0 Å². The number of nitrogens with one attached hydrogen (secondary N) is 1. The quantitative estimate of drug-likeness (QED) is 0.482. The number of pyridine rings is 2. The molecular formula is C26H27N5O. The molecule has 4 aromatic rings. The number of amides is 1. The normalized spacial score (nSPS) is 14.5. The van der Waals surface area contributed by atoms with E-state index in [4.69, 9.17) is 10.1 Å². The average Bonchev–Trinajstić information content (AvgIpc) is 3.59. The van der Waals surface area contributed by atoms with Crippen LogP contribution in [0.1, 0.15) is 70.2 Å². The molecule has 0 radical (unpaired) electrons. The molecule has 1 atom stereocenters. The Morgan fingerprint density at radius 3 is 2.66 bits per heavy atom. The van der Waals surface area contributed by atoms with Gasteiger partial charge in [0.05, 0.1) is 22.7 Å². The largest absolute Gasteiger partial charge is 0.345 e. The number of fused-ring (bicyclic) bond motifs is 1. The fraction of sp³-hybridized carbons (Fsp3) is 0.308. The van der Waals surface area contributed by atoms with Crippen molar-refractivity contribution in [1.29, 1.82) is 0 Å². The molecule has 6 nitrogen and oxygen atoms in total. The molecule has 0 spiro atoms. The van der Waals surface area contributed by atoms with Gasteiger partial charge in [-0.25, -0.2) is 9.97 Å². The molecule has 162 valence electrons. The summed E-state index contributed by atoms with van der Waals surface area (Å²) in [5.74, 6) is 1.01. The lowest BCUT2D eigenvalue weighted by Gasteiger charge is -2.18. The highest BCUT2D eigenvalue weighted by molar-refractivity contribution is 6.07. The van der Waals surface area contributed by atoms with Crippen molar-refractivity contribution in [2.24, 2.45) is 0 Å². The monoisotopic (exact) mass is 425 g/mol. The van der Waals surface area contributed by atoms with Crippen molar-refractivity contribution in [1.82, 2.24) is 25.1 Å². The number of carbonyl (C=O) groups excluding carboxylic acids is 1. The Kier molecular flexibility index (Phi) is 5.00. The van der Waals surface area contributed by atoms with Crippen LogP contribution in [0, 0.1) is 20.8 Å². The van der Waals surface area contributed by atoms with Gasteiger partial charge < -0.3 is 5.32 Å². The highest BCUT2D eigenvalue weighted by Gasteiger charge is 2.29. The summed E-state index contributed by atoms with van der Waals surface area (Å²) in [5.41, 5.74) is 6.53. The second-order valence-corrected chi connectivity index (χ2v) is 8.81. The van der Waals surface area contributed by atoms with Gasteiger partial charge >= 0.3 is 0 Å². The molecule has 0 saturated heterocycles. The smallest absolute Gasteiger partial charge is 0.252 e. The molecule has 1 saturated carbocycles. The number of aryl methyl sites for hydroxylation is 3. The van der Waals surface area contributed by atoms with Crippen LogP contribution in [0.3, 0.4) is 0 Å². The van der Waals surface area contributed by atoms with Crippen LogP contribution in [0.4, 0.5) is 0 Å². The minimum atomic E-state index is -0.110. The van der Waals surface area contributed by atoms with Crippen molar-refractivity contribution in [3.05, 3.63) is 82.3 Å². The molecule has 32 heavy (non-hydrogen) atoms. The molecule has 3 aromatic heterocycles. The minimum Gasteiger partial charge on any atom is -0.345 e. The third-order valence-corrected chi connectivity index (χ3v) is 6.19. The van der Waals surface area contributed by atoms with E-state index in [-0.39, 0.29) is 11.9 Å². The number of aromatic nitrogens is 4. The Morgan fingerprint density at radius 1 is 1.12 bits per heavy atom. The number of hydrogen-bond donors (Lipinski definition) is 1. The summed E-state index contributed by atoms with van der Waals surface area (Å²) >= 11 is 0. The van der Waals surface area contributed by atoms with Gasteiger partial charge in [0.2, 0.25) is 0 Å². The number of nitrogens with zero attached hydrogens (tertiary/aromatic N) is 4. The highest BCUT2D eigenvalue weighted by atomic mass is 16.1. The van der Waals surface area contributed by atoms with Gasteiger partial charge in [-0.2, -0.15) is 9.78 Å². The fourth-order valence-corrected chi connectivity index (χ4v) is 4.29. The maximum Gasteiger partial charge on any atom is 0.252 e. The van der Waals surface area contributed by atoms with Gasteiger partial charge in [0.25, 0.3) is 5.91 Å². The summed E-state index contributed by atoms with van der Waals surface area (Å²) in [6, 6.07) is 13.9. The van der Waals surface area contributed by atoms with Crippen LogP contribution in [0.15, 0.2) is 48.7 Å². The van der Waals surface area contributed by atoms with E-state index in [1.807, 2.05) is 38.1 Å². The molecule has 0 aliphatic heterocycles. The summed E-state index contributed by atoms with van der Waals surface area (Å²) in [7, 11) is 0. The molecule has 1 N–H and O–H groups in total. The van der Waals surface area contributed by atoms with E-state index in [1.54, 1.807) is 10.9 Å². The maximum absolute atomic E-state index is 13.5. The second kappa shape index (κ2) is 7.86. The van der Waals surface area contributed by atoms with Crippen LogP contribution in [0.25, 0.3) is 16.9 Å². The van der Waals surface area contributed by atoms with Crippen molar-refractivity contribution in [3.8, 4) is 5.82 Å². The van der Waals surface area contributed by atoms with Crippen LogP contribution in [-0.2, 0) is 0 Å². The number of benzene rings is 1. The second-order valence-electron chi connectivity index (χ2n) is 8.81. The van der Waals surface area contributed by atoms with Crippen LogP contribution in [0.2, 0.25) is 0 Å². The van der Waals surface area contributed by atoms with Gasteiger partial charge in [-0.3, -0.25) is 4.79 Å². The Bertz CT molecular complexity index is 1320. The van der Waals surface area contributed by atoms with Crippen LogP contribution >= 0.6 is 0 Å². The van der Waals surface area contributed by atoms with Gasteiger partial charge in [0.15, 0.2) is 11.5 Å². The molecule has 1 unspecified atom stereocenters. The zero-order valence-corrected chi connectivity index (χ0v) is 18.9. The van der Waals surface area contributed by atoms with Gasteiger partial charge in [0.1, 0.15) is 0 Å². The van der Waals surface area contributed by atoms with Crippen molar-refractivity contribution in [2.75, 3.05) is 0 Å². The lowest BCUT2D eigenvalue weighted by Crippen LogP contribution is -2.27. The Balaban J connectivity index is 1.59. The topological polar surface area (TPSA) is 72.7 Å². The lowest BCUT2D eigenvalue weighted by atomic mass is 9.99. The van der Waals surface area contributed by atoms with Crippen molar-refractivity contribution >= 4 is 16.9 Å². The molecule has 1 aliphatic carbocycles. The molecule has 0 bridgehead atoms. The van der Waals surface area contributed by atoms with Crippen LogP contribution in [0.5, 0.6) is 0 Å².